The maximum Gasteiger partial charge on any atom is 0.285 e. The predicted molar refractivity (Wildman–Crippen MR) is 84.5 cm³/mol. The maximum absolute atomic E-state index is 3.68. The topological polar surface area (TPSA) is 36.1 Å². The van der Waals surface area contributed by atoms with E-state index in [9.17, 15) is 0 Å². The first kappa shape index (κ1) is 16.1. The molecule has 1 aliphatic rings. The van der Waals surface area contributed by atoms with Gasteiger partial charge in [-0.2, -0.15) is 0 Å². The van der Waals surface area contributed by atoms with Crippen molar-refractivity contribution in [1.29, 1.82) is 0 Å². The normalized spacial score (nSPS) is 17.7. The first-order chi connectivity index (χ1) is 8.80. The van der Waals surface area contributed by atoms with Crippen LogP contribution in [0.3, 0.4) is 0 Å². The van der Waals surface area contributed by atoms with Crippen LogP contribution < -0.4 is 15.4 Å². The van der Waals surface area contributed by atoms with Crippen molar-refractivity contribution in [2.45, 2.75) is 71.9 Å². The summed E-state index contributed by atoms with van der Waals surface area (Å²) in [5.41, 5.74) is 0. The zero-order chi connectivity index (χ0) is 13.2. The lowest BCUT2D eigenvalue weighted by atomic mass is 9.51. The molecule has 1 fully saturated rings. The van der Waals surface area contributed by atoms with Crippen LogP contribution in [0, 0.1) is 5.92 Å². The lowest BCUT2D eigenvalue weighted by Gasteiger charge is -2.30. The molecule has 1 radical (unpaired) electrons. The Kier molecular flexibility index (Phi) is 8.90. The van der Waals surface area contributed by atoms with Crippen molar-refractivity contribution >= 4 is 21.5 Å². The number of hydrogen-bond acceptors (Lipinski definition) is 3. The zero-order valence-electron chi connectivity index (χ0n) is 12.5. The molecule has 0 saturated carbocycles. The van der Waals surface area contributed by atoms with Crippen molar-refractivity contribution in [2.75, 3.05) is 0 Å². The second-order valence-corrected chi connectivity index (χ2v) is 5.54. The molecule has 0 aliphatic carbocycles. The van der Waals surface area contributed by atoms with Crippen molar-refractivity contribution in [2.24, 2.45) is 5.92 Å². The van der Waals surface area contributed by atoms with Gasteiger partial charge in [0, 0.05) is 0 Å². The summed E-state index contributed by atoms with van der Waals surface area (Å²) >= 11 is 0. The Hall–Kier alpha value is 0.0748. The van der Waals surface area contributed by atoms with Crippen LogP contribution >= 0.6 is 0 Å². The average Bonchev–Trinajstić information content (AvgIpc) is 2.41. The number of unbranched alkanes of at least 4 members (excludes halogenated alkanes) is 2. The van der Waals surface area contributed by atoms with Crippen LogP contribution in [0.4, 0.5) is 0 Å². The smallest absolute Gasteiger partial charge is 0.285 e. The third-order valence-electron chi connectivity index (χ3n) is 3.93. The highest BCUT2D eigenvalue weighted by Gasteiger charge is 2.28. The molecule has 1 rings (SSSR count). The van der Waals surface area contributed by atoms with Crippen molar-refractivity contribution in [1.82, 2.24) is 15.4 Å². The van der Waals surface area contributed by atoms with Crippen molar-refractivity contribution in [3.63, 3.8) is 0 Å². The molecule has 101 valence electrons. The highest BCUT2D eigenvalue weighted by atomic mass is 15.0. The van der Waals surface area contributed by atoms with Gasteiger partial charge in [0.1, 0.15) is 0 Å². The van der Waals surface area contributed by atoms with Crippen LogP contribution in [0.2, 0.25) is 12.6 Å². The number of hydrogen-bond donors (Lipinski definition) is 3. The molecule has 1 atom stereocenters. The molecule has 6 heteroatoms. The Morgan fingerprint density at radius 2 is 1.72 bits per heavy atom. The van der Waals surface area contributed by atoms with Gasteiger partial charge in [0.15, 0.2) is 0 Å². The van der Waals surface area contributed by atoms with Crippen LogP contribution in [0.15, 0.2) is 0 Å². The maximum atomic E-state index is 3.68. The summed E-state index contributed by atoms with van der Waals surface area (Å²) < 4.78 is 0. The predicted octanol–water partition coefficient (Wildman–Crippen LogP) is 2.30. The molecule has 0 aromatic carbocycles. The molecule has 0 aromatic rings. The van der Waals surface area contributed by atoms with Crippen LogP contribution in [0.1, 0.15) is 59.3 Å². The first-order valence-electron chi connectivity index (χ1n) is 7.89. The second kappa shape index (κ2) is 9.93. The van der Waals surface area contributed by atoms with Gasteiger partial charge in [-0.1, -0.05) is 59.3 Å². The minimum Gasteiger partial charge on any atom is -0.375 e. The van der Waals surface area contributed by atoms with E-state index >= 15 is 0 Å². The minimum atomic E-state index is 0.454. The fourth-order valence-electron chi connectivity index (χ4n) is 2.61. The van der Waals surface area contributed by atoms with Gasteiger partial charge in [0.2, 0.25) is 0 Å². The minimum absolute atomic E-state index is 0.454. The Balaban J connectivity index is 2.26. The van der Waals surface area contributed by atoms with Crippen LogP contribution in [0.5, 0.6) is 0 Å². The fourth-order valence-corrected chi connectivity index (χ4v) is 2.61. The standard InChI is InChI=1S/C12H29B3N3/c1-4-7-9-12(6-3)11-15-17-13-16-14(18-15)10-8-5-2/h12,16-18H,4-11H2,1-3H3. The van der Waals surface area contributed by atoms with Crippen LogP contribution in [-0.4, -0.2) is 21.5 Å². The summed E-state index contributed by atoms with van der Waals surface area (Å²) in [6.07, 6.45) is 10.4. The van der Waals surface area contributed by atoms with Gasteiger partial charge in [-0.3, -0.25) is 0 Å². The number of nitrogens with one attached hydrogen (secondary N) is 3. The summed E-state index contributed by atoms with van der Waals surface area (Å²) in [4.78, 5) is 0. The third kappa shape index (κ3) is 6.30. The lowest BCUT2D eigenvalue weighted by Crippen LogP contribution is -2.69. The Bertz CT molecular complexity index is 207. The second-order valence-electron chi connectivity index (χ2n) is 5.54. The van der Waals surface area contributed by atoms with Crippen LogP contribution in [-0.2, 0) is 0 Å². The molecule has 0 amide bonds. The average molecular weight is 248 g/mol. The largest absolute Gasteiger partial charge is 0.375 e. The summed E-state index contributed by atoms with van der Waals surface area (Å²) in [5, 5.41) is 10.5. The molecule has 1 heterocycles. The van der Waals surface area contributed by atoms with E-state index in [1.54, 1.807) is 0 Å². The molecule has 3 N–H and O–H groups in total. The summed E-state index contributed by atoms with van der Waals surface area (Å²) in [7, 11) is 2.04. The molecular formula is C12H29B3N3. The lowest BCUT2D eigenvalue weighted by molar-refractivity contribution is 0.486. The highest BCUT2D eigenvalue weighted by Crippen LogP contribution is 2.18. The van der Waals surface area contributed by atoms with Gasteiger partial charge in [0.05, 0.1) is 0 Å². The van der Waals surface area contributed by atoms with E-state index in [0.29, 0.717) is 14.0 Å². The molecule has 0 aromatic heterocycles. The summed E-state index contributed by atoms with van der Waals surface area (Å²) in [5.74, 6) is 0.855. The number of rotatable bonds is 9. The van der Waals surface area contributed by atoms with Crippen molar-refractivity contribution in [3.05, 3.63) is 0 Å². The Morgan fingerprint density at radius 1 is 1.00 bits per heavy atom. The monoisotopic (exact) mass is 248 g/mol. The van der Waals surface area contributed by atoms with Gasteiger partial charge in [-0.15, -0.1) is 0 Å². The quantitative estimate of drug-likeness (QED) is 0.548. The van der Waals surface area contributed by atoms with E-state index in [1.165, 1.54) is 51.2 Å². The molecule has 1 unspecified atom stereocenters. The van der Waals surface area contributed by atoms with Crippen molar-refractivity contribution < 1.29 is 0 Å². The molecular weight excluding hydrogens is 219 g/mol. The third-order valence-corrected chi connectivity index (χ3v) is 3.93. The molecule has 18 heavy (non-hydrogen) atoms. The van der Waals surface area contributed by atoms with E-state index in [-0.39, 0.29) is 0 Å². The summed E-state index contributed by atoms with van der Waals surface area (Å²) in [6, 6.07) is 0. The van der Waals surface area contributed by atoms with E-state index < -0.39 is 0 Å². The van der Waals surface area contributed by atoms with Gasteiger partial charge in [-0.05, 0) is 18.6 Å². The fraction of sp³-hybridized carbons (Fsp3) is 1.00. The Labute approximate surface area is 115 Å². The first-order valence-corrected chi connectivity index (χ1v) is 7.89. The Morgan fingerprint density at radius 3 is 2.39 bits per heavy atom. The van der Waals surface area contributed by atoms with Crippen molar-refractivity contribution in [3.8, 4) is 0 Å². The SMILES string of the molecule is CCCCB1N[B]NB(CC(CC)CCCC)N1. The zero-order valence-corrected chi connectivity index (χ0v) is 12.5. The molecule has 0 bridgehead atoms. The van der Waals surface area contributed by atoms with E-state index in [4.69, 9.17) is 0 Å². The van der Waals surface area contributed by atoms with E-state index in [0.717, 1.165) is 5.92 Å². The van der Waals surface area contributed by atoms with E-state index in [1.807, 2.05) is 7.55 Å². The summed E-state index contributed by atoms with van der Waals surface area (Å²) in [6.45, 7) is 7.76. The molecule has 1 aliphatic heterocycles. The van der Waals surface area contributed by atoms with Gasteiger partial charge in [-0.25, -0.2) is 0 Å². The molecule has 1 saturated heterocycles. The van der Waals surface area contributed by atoms with Crippen LogP contribution in [0.25, 0.3) is 0 Å². The van der Waals surface area contributed by atoms with Gasteiger partial charge >= 0.3 is 0 Å². The highest BCUT2D eigenvalue weighted by molar-refractivity contribution is 6.81. The van der Waals surface area contributed by atoms with Gasteiger partial charge in [0.25, 0.3) is 21.5 Å². The van der Waals surface area contributed by atoms with E-state index in [2.05, 4.69) is 36.2 Å². The van der Waals surface area contributed by atoms with Gasteiger partial charge < -0.3 is 15.4 Å². The molecule has 3 nitrogen and oxygen atoms in total. The molecule has 0 spiro atoms.